The van der Waals surface area contributed by atoms with Crippen LogP contribution in [0.2, 0.25) is 5.02 Å². The van der Waals surface area contributed by atoms with Crippen molar-refractivity contribution in [2.24, 2.45) is 5.92 Å². The Bertz CT molecular complexity index is 1050. The average Bonchev–Trinajstić information content (AvgIpc) is 3.27. The number of benzene rings is 2. The Morgan fingerprint density at radius 2 is 1.90 bits per heavy atom. The summed E-state index contributed by atoms with van der Waals surface area (Å²) in [7, 11) is 0. The molecule has 2 N–H and O–H groups in total. The van der Waals surface area contributed by atoms with Gasteiger partial charge in [0.05, 0.1) is 27.1 Å². The fraction of sp³-hybridized carbons (Fsp3) is 0.222. The van der Waals surface area contributed by atoms with E-state index in [1.165, 1.54) is 25.1 Å². The first kappa shape index (κ1) is 21.3. The van der Waals surface area contributed by atoms with Crippen LogP contribution in [0.25, 0.3) is 0 Å². The molecule has 1 fully saturated rings. The minimum absolute atomic E-state index is 0.0398. The normalized spacial score (nSPS) is 16.8. The molecule has 1 unspecified atom stereocenters. The minimum atomic E-state index is -1.10. The van der Waals surface area contributed by atoms with E-state index in [1.54, 1.807) is 0 Å². The number of alkyl halides is 2. The third kappa shape index (κ3) is 4.60. The second-order valence-electron chi connectivity index (χ2n) is 6.53. The first-order chi connectivity index (χ1) is 13.5. The van der Waals surface area contributed by atoms with Gasteiger partial charge in [0.15, 0.2) is 0 Å². The van der Waals surface area contributed by atoms with Gasteiger partial charge in [0.25, 0.3) is 11.6 Å². The zero-order valence-electron chi connectivity index (χ0n) is 14.8. The lowest BCUT2D eigenvalue weighted by atomic mass is 10.1. The summed E-state index contributed by atoms with van der Waals surface area (Å²) in [5.74, 6) is -2.63. The molecule has 2 amide bonds. The maximum absolute atomic E-state index is 14.1. The van der Waals surface area contributed by atoms with Gasteiger partial charge in [0.1, 0.15) is 10.2 Å². The lowest BCUT2D eigenvalue weighted by Gasteiger charge is -2.11. The van der Waals surface area contributed by atoms with E-state index in [0.29, 0.717) is 6.42 Å². The van der Waals surface area contributed by atoms with Crippen LogP contribution in [0.4, 0.5) is 21.5 Å². The molecular weight excluding hydrogens is 448 g/mol. The van der Waals surface area contributed by atoms with E-state index in [0.717, 1.165) is 12.1 Å². The van der Waals surface area contributed by atoms with Crippen molar-refractivity contribution in [3.05, 3.63) is 62.4 Å². The van der Waals surface area contributed by atoms with Crippen LogP contribution in [-0.4, -0.2) is 21.1 Å². The zero-order valence-corrected chi connectivity index (χ0v) is 17.0. The van der Waals surface area contributed by atoms with Crippen LogP contribution in [-0.2, 0) is 4.79 Å². The zero-order chi connectivity index (χ0) is 21.5. The molecule has 0 aliphatic heterocycles. The van der Waals surface area contributed by atoms with Gasteiger partial charge in [0, 0.05) is 17.3 Å². The van der Waals surface area contributed by atoms with Crippen LogP contribution in [0, 0.1) is 28.8 Å². The highest BCUT2D eigenvalue weighted by molar-refractivity contribution is 6.52. The van der Waals surface area contributed by atoms with E-state index in [9.17, 15) is 24.1 Å². The maximum atomic E-state index is 14.1. The van der Waals surface area contributed by atoms with Gasteiger partial charge < -0.3 is 10.6 Å². The van der Waals surface area contributed by atoms with E-state index < -0.39 is 32.8 Å². The lowest BCUT2D eigenvalue weighted by molar-refractivity contribution is -0.385. The molecule has 1 saturated carbocycles. The van der Waals surface area contributed by atoms with Crippen LogP contribution in [0.5, 0.6) is 0 Å². The first-order valence-electron chi connectivity index (χ1n) is 8.23. The largest absolute Gasteiger partial charge is 0.326 e. The summed E-state index contributed by atoms with van der Waals surface area (Å²) in [6, 6.07) is 6.02. The van der Waals surface area contributed by atoms with Crippen molar-refractivity contribution in [3.63, 3.8) is 0 Å². The summed E-state index contributed by atoms with van der Waals surface area (Å²) in [5.41, 5.74) is -0.404. The highest BCUT2D eigenvalue weighted by Crippen LogP contribution is 2.53. The van der Waals surface area contributed by atoms with Crippen molar-refractivity contribution in [3.8, 4) is 0 Å². The van der Waals surface area contributed by atoms with Crippen LogP contribution in [0.15, 0.2) is 30.3 Å². The summed E-state index contributed by atoms with van der Waals surface area (Å²) in [6.45, 7) is 1.38. The molecule has 0 saturated heterocycles. The van der Waals surface area contributed by atoms with Crippen molar-refractivity contribution in [1.82, 2.24) is 0 Å². The number of amides is 2. The van der Waals surface area contributed by atoms with Gasteiger partial charge in [-0.1, -0.05) is 11.6 Å². The number of carbonyl (C=O) groups excluding carboxylic acids is 2. The van der Waals surface area contributed by atoms with Crippen LogP contribution < -0.4 is 10.6 Å². The molecule has 0 spiro atoms. The quantitative estimate of drug-likeness (QED) is 0.369. The Labute approximate surface area is 179 Å². The topological polar surface area (TPSA) is 101 Å². The van der Waals surface area contributed by atoms with Gasteiger partial charge in [-0.05, 0) is 37.6 Å². The van der Waals surface area contributed by atoms with Crippen LogP contribution >= 0.6 is 34.8 Å². The van der Waals surface area contributed by atoms with Crippen molar-refractivity contribution in [2.75, 3.05) is 10.6 Å². The number of nitro benzene ring substituents is 1. The van der Waals surface area contributed by atoms with E-state index in [2.05, 4.69) is 10.6 Å². The summed E-state index contributed by atoms with van der Waals surface area (Å²) >= 11 is 17.8. The van der Waals surface area contributed by atoms with E-state index in [-0.39, 0.29) is 33.2 Å². The summed E-state index contributed by atoms with van der Waals surface area (Å²) < 4.78 is 13.0. The van der Waals surface area contributed by atoms with Gasteiger partial charge in [-0.3, -0.25) is 19.7 Å². The number of hydrogen-bond donors (Lipinski definition) is 2. The Hall–Kier alpha value is -2.42. The van der Waals surface area contributed by atoms with Gasteiger partial charge in [-0.15, -0.1) is 23.2 Å². The number of carbonyl (C=O) groups is 2. The predicted octanol–water partition coefficient (Wildman–Crippen LogP) is 5.08. The number of nitrogens with zero attached hydrogens (tertiary/aromatic N) is 1. The Balaban J connectivity index is 1.82. The molecule has 0 bridgehead atoms. The molecule has 2 aromatic rings. The van der Waals surface area contributed by atoms with Gasteiger partial charge in [-0.25, -0.2) is 4.39 Å². The third-order valence-electron chi connectivity index (χ3n) is 4.35. The number of halogens is 4. The molecule has 0 radical (unpaired) electrons. The van der Waals surface area contributed by atoms with E-state index in [1.807, 2.05) is 0 Å². The summed E-state index contributed by atoms with van der Waals surface area (Å²) in [4.78, 5) is 35.0. The molecule has 0 aromatic heterocycles. The molecule has 0 heterocycles. The van der Waals surface area contributed by atoms with Gasteiger partial charge >= 0.3 is 0 Å². The van der Waals surface area contributed by atoms with Crippen molar-refractivity contribution in [2.45, 2.75) is 17.7 Å². The predicted molar refractivity (Wildman–Crippen MR) is 108 cm³/mol. The fourth-order valence-corrected chi connectivity index (χ4v) is 3.36. The first-order valence-corrected chi connectivity index (χ1v) is 9.37. The molecule has 7 nitrogen and oxygen atoms in total. The standard InChI is InChI=1S/C18H13Cl3FN3O4/c1-8-4-13(22)14(6-15(8)25(28)29)24-16(26)10-5-9(2-3-12(10)19)23-17(27)11-7-18(11,20)21/h2-6,11H,7H2,1H3,(H,23,27)(H,24,26). The van der Waals surface area contributed by atoms with Crippen LogP contribution in [0.1, 0.15) is 22.3 Å². The molecule has 1 aliphatic carbocycles. The monoisotopic (exact) mass is 459 g/mol. The van der Waals surface area contributed by atoms with Crippen molar-refractivity contribution >= 4 is 63.7 Å². The molecule has 2 aromatic carbocycles. The Morgan fingerprint density at radius 3 is 2.48 bits per heavy atom. The highest BCUT2D eigenvalue weighted by atomic mass is 35.5. The van der Waals surface area contributed by atoms with Crippen molar-refractivity contribution in [1.29, 1.82) is 0 Å². The molecule has 1 atom stereocenters. The molecular formula is C18H13Cl3FN3O4. The SMILES string of the molecule is Cc1cc(F)c(NC(=O)c2cc(NC(=O)C3CC3(Cl)Cl)ccc2Cl)cc1[N+](=O)[O-]. The number of nitrogens with one attached hydrogen (secondary N) is 2. The molecule has 3 rings (SSSR count). The maximum Gasteiger partial charge on any atom is 0.274 e. The molecule has 29 heavy (non-hydrogen) atoms. The smallest absolute Gasteiger partial charge is 0.274 e. The number of anilines is 2. The third-order valence-corrected chi connectivity index (χ3v) is 5.52. The Morgan fingerprint density at radius 1 is 1.24 bits per heavy atom. The molecule has 152 valence electrons. The number of rotatable bonds is 5. The van der Waals surface area contributed by atoms with Crippen LogP contribution in [0.3, 0.4) is 0 Å². The average molecular weight is 461 g/mol. The molecule has 11 heteroatoms. The van der Waals surface area contributed by atoms with E-state index >= 15 is 0 Å². The minimum Gasteiger partial charge on any atom is -0.326 e. The second kappa shape index (κ2) is 7.78. The summed E-state index contributed by atoms with van der Waals surface area (Å²) in [5, 5.41) is 15.9. The Kier molecular flexibility index (Phi) is 5.71. The summed E-state index contributed by atoms with van der Waals surface area (Å²) in [6.07, 6.45) is 0.314. The van der Waals surface area contributed by atoms with E-state index in [4.69, 9.17) is 34.8 Å². The number of nitro groups is 1. The van der Waals surface area contributed by atoms with Gasteiger partial charge in [-0.2, -0.15) is 0 Å². The highest BCUT2D eigenvalue weighted by Gasteiger charge is 2.56. The molecule has 1 aliphatic rings. The lowest BCUT2D eigenvalue weighted by Crippen LogP contribution is -2.18. The van der Waals surface area contributed by atoms with Gasteiger partial charge in [0.2, 0.25) is 5.91 Å². The second-order valence-corrected chi connectivity index (χ2v) is 8.48. The number of aryl methyl sites for hydroxylation is 1. The number of hydrogen-bond acceptors (Lipinski definition) is 4. The fourth-order valence-electron chi connectivity index (χ4n) is 2.65. The van der Waals surface area contributed by atoms with Crippen molar-refractivity contribution < 1.29 is 18.9 Å².